The molecule has 0 spiro atoms. The van der Waals surface area contributed by atoms with Crippen molar-refractivity contribution >= 4 is 33.8 Å². The molecule has 0 aliphatic rings. The van der Waals surface area contributed by atoms with Crippen LogP contribution in [0.15, 0.2) is 42.5 Å². The van der Waals surface area contributed by atoms with Crippen LogP contribution in [0.5, 0.6) is 5.75 Å². The minimum Gasteiger partial charge on any atom is -0.872 e. The van der Waals surface area contributed by atoms with Crippen LogP contribution in [0.4, 0.5) is 0 Å². The summed E-state index contributed by atoms with van der Waals surface area (Å²) < 4.78 is 0. The van der Waals surface area contributed by atoms with Crippen molar-refractivity contribution in [2.24, 2.45) is 5.92 Å². The zero-order valence-corrected chi connectivity index (χ0v) is 12.5. The Morgan fingerprint density at radius 2 is 1.61 bits per heavy atom. The third kappa shape index (κ3) is 5.71. The summed E-state index contributed by atoms with van der Waals surface area (Å²) in [6.45, 7) is 4.19. The fourth-order valence-electron chi connectivity index (χ4n) is 1.43. The van der Waals surface area contributed by atoms with Gasteiger partial charge in [0.05, 0.1) is 0 Å². The van der Waals surface area contributed by atoms with E-state index in [2.05, 4.69) is 13.8 Å². The van der Waals surface area contributed by atoms with Gasteiger partial charge in [-0.1, -0.05) is 62.7 Å². The van der Waals surface area contributed by atoms with Crippen LogP contribution in [0, 0.1) is 5.92 Å². The number of hydrogen-bond donors (Lipinski definition) is 0. The van der Waals surface area contributed by atoms with Gasteiger partial charge in [0.1, 0.15) is 0 Å². The second kappa shape index (κ2) is 9.20. The van der Waals surface area contributed by atoms with E-state index in [1.807, 2.05) is 30.3 Å². The standard InChI is InChI=1S/C10H8O.C5H11O.Mg/c11-10-7-3-5-8-4-1-2-6-9(8)10;1-5(2)3-4-6;/h1-7,11H;5H,3-4H2,1-2H3;/q;-1;+2/p-1. The van der Waals surface area contributed by atoms with E-state index < -0.39 is 0 Å². The van der Waals surface area contributed by atoms with Crippen molar-refractivity contribution < 1.29 is 10.2 Å². The van der Waals surface area contributed by atoms with Crippen molar-refractivity contribution in [2.45, 2.75) is 20.3 Å². The second-order valence-electron chi connectivity index (χ2n) is 4.36. The monoisotopic (exact) mass is 254 g/mol. The van der Waals surface area contributed by atoms with Crippen LogP contribution in [0.1, 0.15) is 20.3 Å². The third-order valence-electron chi connectivity index (χ3n) is 2.44. The van der Waals surface area contributed by atoms with E-state index in [1.165, 1.54) is 0 Å². The van der Waals surface area contributed by atoms with Gasteiger partial charge in [0.2, 0.25) is 0 Å². The summed E-state index contributed by atoms with van der Waals surface area (Å²) in [5, 5.41) is 22.7. The predicted molar refractivity (Wildman–Crippen MR) is 73.5 cm³/mol. The first-order valence-electron chi connectivity index (χ1n) is 5.88. The van der Waals surface area contributed by atoms with Gasteiger partial charge in [-0.15, -0.1) is 12.4 Å². The molecule has 2 aromatic rings. The van der Waals surface area contributed by atoms with E-state index in [-0.39, 0.29) is 35.4 Å². The van der Waals surface area contributed by atoms with Crippen LogP contribution in [-0.4, -0.2) is 29.7 Å². The topological polar surface area (TPSA) is 46.1 Å². The molecule has 0 atom stereocenters. The summed E-state index contributed by atoms with van der Waals surface area (Å²) in [5.74, 6) is 0.686. The molecule has 3 heteroatoms. The maximum absolute atomic E-state index is 11.2. The molecule has 2 aromatic carbocycles. The first-order chi connectivity index (χ1) is 8.15. The molecule has 0 fully saturated rings. The van der Waals surface area contributed by atoms with Crippen molar-refractivity contribution in [1.29, 1.82) is 0 Å². The van der Waals surface area contributed by atoms with Gasteiger partial charge < -0.3 is 10.2 Å². The zero-order chi connectivity index (χ0) is 12.7. The fraction of sp³-hybridized carbons (Fsp3) is 0.333. The Bertz CT molecular complexity index is 450. The minimum absolute atomic E-state index is 0. The molecular weight excluding hydrogens is 236 g/mol. The van der Waals surface area contributed by atoms with Crippen molar-refractivity contribution in [3.8, 4) is 5.75 Å². The maximum atomic E-state index is 11.2. The van der Waals surface area contributed by atoms with Crippen LogP contribution in [0.3, 0.4) is 0 Å². The predicted octanol–water partition coefficient (Wildman–Crippen LogP) is 1.93. The third-order valence-corrected chi connectivity index (χ3v) is 2.44. The van der Waals surface area contributed by atoms with Gasteiger partial charge in [0, 0.05) is 0 Å². The summed E-state index contributed by atoms with van der Waals surface area (Å²) >= 11 is 0. The Morgan fingerprint density at radius 3 is 2.11 bits per heavy atom. The summed E-state index contributed by atoms with van der Waals surface area (Å²) in [4.78, 5) is 0. The molecule has 0 saturated heterocycles. The van der Waals surface area contributed by atoms with Crippen LogP contribution in [0.2, 0.25) is 0 Å². The first-order valence-corrected chi connectivity index (χ1v) is 5.88. The largest absolute Gasteiger partial charge is 2.00 e. The molecule has 0 N–H and O–H groups in total. The van der Waals surface area contributed by atoms with E-state index in [9.17, 15) is 10.2 Å². The minimum atomic E-state index is 0. The summed E-state index contributed by atoms with van der Waals surface area (Å²) in [6.07, 6.45) is 0.819. The van der Waals surface area contributed by atoms with Gasteiger partial charge in [0.25, 0.3) is 0 Å². The molecular formula is C15H18MgO2. The van der Waals surface area contributed by atoms with E-state index in [0.717, 1.165) is 17.2 Å². The van der Waals surface area contributed by atoms with Gasteiger partial charge >= 0.3 is 23.1 Å². The van der Waals surface area contributed by atoms with Gasteiger partial charge in [-0.05, 0) is 16.7 Å². The number of hydrogen-bond acceptors (Lipinski definition) is 2. The average molecular weight is 255 g/mol. The molecule has 0 aromatic heterocycles. The van der Waals surface area contributed by atoms with E-state index >= 15 is 0 Å². The smallest absolute Gasteiger partial charge is 0.872 e. The van der Waals surface area contributed by atoms with Crippen LogP contribution >= 0.6 is 0 Å². The van der Waals surface area contributed by atoms with E-state index in [0.29, 0.717) is 5.92 Å². The summed E-state index contributed by atoms with van der Waals surface area (Å²) in [5.41, 5.74) is 0. The van der Waals surface area contributed by atoms with Crippen molar-refractivity contribution in [3.63, 3.8) is 0 Å². The van der Waals surface area contributed by atoms with Crippen molar-refractivity contribution in [1.82, 2.24) is 0 Å². The number of benzene rings is 2. The number of fused-ring (bicyclic) bond motifs is 1. The Balaban J connectivity index is 0.000000362. The summed E-state index contributed by atoms with van der Waals surface area (Å²) in [6, 6.07) is 12.9. The zero-order valence-electron chi connectivity index (χ0n) is 11.1. The molecule has 0 bridgehead atoms. The van der Waals surface area contributed by atoms with Crippen LogP contribution in [-0.2, 0) is 0 Å². The maximum Gasteiger partial charge on any atom is 2.00 e. The van der Waals surface area contributed by atoms with Gasteiger partial charge in [0.15, 0.2) is 0 Å². The Labute approximate surface area is 125 Å². The van der Waals surface area contributed by atoms with Crippen molar-refractivity contribution in [3.05, 3.63) is 42.5 Å². The molecule has 0 heterocycles. The molecule has 2 rings (SSSR count). The second-order valence-corrected chi connectivity index (χ2v) is 4.36. The normalized spacial score (nSPS) is 9.56. The average Bonchev–Trinajstić information content (AvgIpc) is 2.30. The van der Waals surface area contributed by atoms with E-state index in [4.69, 9.17) is 0 Å². The quantitative estimate of drug-likeness (QED) is 0.769. The number of rotatable bonds is 2. The van der Waals surface area contributed by atoms with Gasteiger partial charge in [-0.2, -0.15) is 0 Å². The van der Waals surface area contributed by atoms with E-state index in [1.54, 1.807) is 12.1 Å². The molecule has 0 saturated carbocycles. The molecule has 92 valence electrons. The Morgan fingerprint density at radius 1 is 1.00 bits per heavy atom. The molecule has 0 amide bonds. The molecule has 0 aliphatic carbocycles. The first kappa shape index (κ1) is 17.2. The molecule has 18 heavy (non-hydrogen) atoms. The van der Waals surface area contributed by atoms with Crippen LogP contribution in [0.25, 0.3) is 10.8 Å². The van der Waals surface area contributed by atoms with Gasteiger partial charge in [-0.25, -0.2) is 0 Å². The summed E-state index contributed by atoms with van der Waals surface area (Å²) in [7, 11) is 0. The van der Waals surface area contributed by atoms with Crippen molar-refractivity contribution in [2.75, 3.05) is 6.61 Å². The SMILES string of the molecule is CC(C)CC[O-].[Mg+2].[O-]c1cccc2ccccc12. The molecule has 0 radical (unpaired) electrons. The molecule has 0 unspecified atom stereocenters. The Hall–Kier alpha value is -0.774. The molecule has 0 aliphatic heterocycles. The van der Waals surface area contributed by atoms with Gasteiger partial charge in [-0.3, -0.25) is 0 Å². The van der Waals surface area contributed by atoms with Crippen LogP contribution < -0.4 is 10.2 Å². The Kier molecular flexibility index (Phi) is 8.80. The molecule has 2 nitrogen and oxygen atoms in total. The fourth-order valence-corrected chi connectivity index (χ4v) is 1.43.